The third-order valence-electron chi connectivity index (χ3n) is 5.12. The zero-order chi connectivity index (χ0) is 14.4. The largest absolute Gasteiger partial charge is 0.361 e. The van der Waals surface area contributed by atoms with E-state index in [4.69, 9.17) is 5.73 Å². The van der Waals surface area contributed by atoms with Gasteiger partial charge in [0.1, 0.15) is 0 Å². The number of aromatic nitrogens is 1. The number of carbonyl (C=O) groups excluding carboxylic acids is 1. The lowest BCUT2D eigenvalue weighted by Crippen LogP contribution is -2.48. The maximum atomic E-state index is 12.6. The van der Waals surface area contributed by atoms with Gasteiger partial charge < -0.3 is 15.6 Å². The Hall–Kier alpha value is -1.81. The highest BCUT2D eigenvalue weighted by molar-refractivity contribution is 5.86. The van der Waals surface area contributed by atoms with Gasteiger partial charge in [0.25, 0.3) is 0 Å². The summed E-state index contributed by atoms with van der Waals surface area (Å²) in [4.78, 5) is 17.9. The minimum Gasteiger partial charge on any atom is -0.361 e. The van der Waals surface area contributed by atoms with Crippen LogP contribution < -0.4 is 5.73 Å². The number of fused-ring (bicyclic) bond motifs is 3. The fraction of sp³-hybridized carbons (Fsp3) is 0.471. The number of aromatic amines is 1. The molecule has 4 heteroatoms. The average Bonchev–Trinajstić information content (AvgIpc) is 3.22. The Labute approximate surface area is 124 Å². The molecule has 2 aromatic rings. The van der Waals surface area contributed by atoms with Crippen LogP contribution in [-0.2, 0) is 11.2 Å². The Morgan fingerprint density at radius 1 is 1.38 bits per heavy atom. The Morgan fingerprint density at radius 3 is 3.00 bits per heavy atom. The first-order valence-electron chi connectivity index (χ1n) is 7.83. The van der Waals surface area contributed by atoms with E-state index in [1.807, 2.05) is 29.3 Å². The minimum atomic E-state index is -0.427. The van der Waals surface area contributed by atoms with Crippen molar-refractivity contribution in [1.82, 2.24) is 9.88 Å². The SMILES string of the molecule is NC(Cc1c[nH]c2ccccc12)C(=O)N1CC2CCC1C2. The van der Waals surface area contributed by atoms with Crippen molar-refractivity contribution in [2.45, 2.75) is 37.8 Å². The van der Waals surface area contributed by atoms with E-state index in [0.717, 1.165) is 30.0 Å². The Morgan fingerprint density at radius 2 is 2.24 bits per heavy atom. The smallest absolute Gasteiger partial charge is 0.240 e. The van der Waals surface area contributed by atoms with Crippen LogP contribution in [0.2, 0.25) is 0 Å². The maximum Gasteiger partial charge on any atom is 0.240 e. The predicted octanol–water partition coefficient (Wildman–Crippen LogP) is 2.05. The number of hydrogen-bond acceptors (Lipinski definition) is 2. The number of nitrogens with zero attached hydrogens (tertiary/aromatic N) is 1. The Kier molecular flexibility index (Phi) is 3.00. The molecular weight excluding hydrogens is 262 g/mol. The second-order valence-electron chi connectivity index (χ2n) is 6.49. The summed E-state index contributed by atoms with van der Waals surface area (Å²) < 4.78 is 0. The van der Waals surface area contributed by atoms with E-state index in [1.54, 1.807) is 0 Å². The van der Waals surface area contributed by atoms with Crippen LogP contribution >= 0.6 is 0 Å². The number of para-hydroxylation sites is 1. The van der Waals surface area contributed by atoms with E-state index in [-0.39, 0.29) is 5.91 Å². The van der Waals surface area contributed by atoms with E-state index >= 15 is 0 Å². The van der Waals surface area contributed by atoms with Crippen LogP contribution in [0.15, 0.2) is 30.5 Å². The molecule has 2 aliphatic rings. The molecule has 110 valence electrons. The molecule has 2 heterocycles. The summed E-state index contributed by atoms with van der Waals surface area (Å²) in [5, 5.41) is 1.17. The topological polar surface area (TPSA) is 62.1 Å². The van der Waals surface area contributed by atoms with Crippen molar-refractivity contribution in [3.8, 4) is 0 Å². The van der Waals surface area contributed by atoms with Gasteiger partial charge >= 0.3 is 0 Å². The summed E-state index contributed by atoms with van der Waals surface area (Å²) in [6.45, 7) is 0.922. The normalized spacial score (nSPS) is 25.7. The third kappa shape index (κ3) is 2.14. The van der Waals surface area contributed by atoms with Gasteiger partial charge in [0.15, 0.2) is 0 Å². The Bertz CT molecular complexity index is 677. The van der Waals surface area contributed by atoms with Crippen molar-refractivity contribution in [2.24, 2.45) is 11.7 Å². The predicted molar refractivity (Wildman–Crippen MR) is 82.8 cm³/mol. The van der Waals surface area contributed by atoms with Gasteiger partial charge in [0, 0.05) is 29.7 Å². The van der Waals surface area contributed by atoms with Crippen LogP contribution in [0.3, 0.4) is 0 Å². The monoisotopic (exact) mass is 283 g/mol. The molecule has 1 saturated carbocycles. The van der Waals surface area contributed by atoms with E-state index in [0.29, 0.717) is 12.5 Å². The van der Waals surface area contributed by atoms with Crippen molar-refractivity contribution < 1.29 is 4.79 Å². The molecule has 2 bridgehead atoms. The number of piperidine rings is 1. The van der Waals surface area contributed by atoms with Crippen LogP contribution in [0, 0.1) is 5.92 Å². The summed E-state index contributed by atoms with van der Waals surface area (Å²) in [5.41, 5.74) is 8.45. The number of likely N-dealkylation sites (tertiary alicyclic amines) is 1. The van der Waals surface area contributed by atoms with Crippen LogP contribution in [0.1, 0.15) is 24.8 Å². The third-order valence-corrected chi connectivity index (χ3v) is 5.12. The number of hydrogen-bond donors (Lipinski definition) is 2. The molecule has 21 heavy (non-hydrogen) atoms. The molecule has 1 aliphatic carbocycles. The first-order valence-corrected chi connectivity index (χ1v) is 7.83. The lowest BCUT2D eigenvalue weighted by molar-refractivity contribution is -0.134. The summed E-state index contributed by atoms with van der Waals surface area (Å²) in [5.74, 6) is 0.853. The molecule has 0 spiro atoms. The molecule has 1 amide bonds. The van der Waals surface area contributed by atoms with Crippen molar-refractivity contribution in [2.75, 3.05) is 6.54 Å². The van der Waals surface area contributed by atoms with Gasteiger partial charge in [0.2, 0.25) is 5.91 Å². The molecule has 3 N–H and O–H groups in total. The number of H-pyrrole nitrogens is 1. The number of nitrogens with one attached hydrogen (secondary N) is 1. The molecule has 0 radical (unpaired) electrons. The van der Waals surface area contributed by atoms with Crippen LogP contribution in [0.5, 0.6) is 0 Å². The minimum absolute atomic E-state index is 0.132. The first kappa shape index (κ1) is 12.9. The van der Waals surface area contributed by atoms with Crippen molar-refractivity contribution in [3.63, 3.8) is 0 Å². The van der Waals surface area contributed by atoms with Gasteiger partial charge in [-0.15, -0.1) is 0 Å². The number of nitrogens with two attached hydrogens (primary N) is 1. The van der Waals surface area contributed by atoms with E-state index in [2.05, 4.69) is 11.1 Å². The van der Waals surface area contributed by atoms with Crippen LogP contribution in [-0.4, -0.2) is 34.4 Å². The standard InChI is InChI=1S/C17H21N3O/c18-15(17(21)20-10-11-5-6-13(20)7-11)8-12-9-19-16-4-2-1-3-14(12)16/h1-4,9,11,13,15,19H,5-8,10,18H2. The fourth-order valence-corrected chi connectivity index (χ4v) is 4.03. The van der Waals surface area contributed by atoms with Gasteiger partial charge in [-0.2, -0.15) is 0 Å². The zero-order valence-electron chi connectivity index (χ0n) is 12.1. The van der Waals surface area contributed by atoms with Crippen LogP contribution in [0.25, 0.3) is 10.9 Å². The molecule has 1 aromatic heterocycles. The molecule has 3 atom stereocenters. The summed E-state index contributed by atoms with van der Waals surface area (Å²) in [6.07, 6.45) is 6.22. The molecule has 1 aromatic carbocycles. The molecule has 4 nitrogen and oxygen atoms in total. The number of carbonyl (C=O) groups is 1. The summed E-state index contributed by atoms with van der Waals surface area (Å²) in [7, 11) is 0. The number of rotatable bonds is 3. The molecule has 1 saturated heterocycles. The maximum absolute atomic E-state index is 12.6. The number of amides is 1. The van der Waals surface area contributed by atoms with Gasteiger partial charge in [0.05, 0.1) is 6.04 Å². The second kappa shape index (κ2) is 4.88. The average molecular weight is 283 g/mol. The van der Waals surface area contributed by atoms with Gasteiger partial charge in [-0.1, -0.05) is 18.2 Å². The lowest BCUT2D eigenvalue weighted by Gasteiger charge is -2.29. The quantitative estimate of drug-likeness (QED) is 0.905. The van der Waals surface area contributed by atoms with E-state index in [9.17, 15) is 4.79 Å². The van der Waals surface area contributed by atoms with E-state index < -0.39 is 6.04 Å². The fourth-order valence-electron chi connectivity index (χ4n) is 4.03. The Balaban J connectivity index is 1.50. The second-order valence-corrected chi connectivity index (χ2v) is 6.49. The number of benzene rings is 1. The molecule has 2 fully saturated rings. The van der Waals surface area contributed by atoms with Gasteiger partial charge in [-0.3, -0.25) is 4.79 Å². The van der Waals surface area contributed by atoms with Crippen molar-refractivity contribution >= 4 is 16.8 Å². The first-order chi connectivity index (χ1) is 10.2. The van der Waals surface area contributed by atoms with Crippen molar-refractivity contribution in [1.29, 1.82) is 0 Å². The van der Waals surface area contributed by atoms with Crippen LogP contribution in [0.4, 0.5) is 0 Å². The summed E-state index contributed by atoms with van der Waals surface area (Å²) in [6, 6.07) is 8.18. The molecule has 3 unspecified atom stereocenters. The highest BCUT2D eigenvalue weighted by Gasteiger charge is 2.41. The van der Waals surface area contributed by atoms with Gasteiger partial charge in [-0.25, -0.2) is 0 Å². The van der Waals surface area contributed by atoms with Crippen molar-refractivity contribution in [3.05, 3.63) is 36.0 Å². The zero-order valence-corrected chi connectivity index (χ0v) is 12.1. The van der Waals surface area contributed by atoms with E-state index in [1.165, 1.54) is 18.2 Å². The molecule has 1 aliphatic heterocycles. The highest BCUT2D eigenvalue weighted by Crippen LogP contribution is 2.37. The molecular formula is C17H21N3O. The highest BCUT2D eigenvalue weighted by atomic mass is 16.2. The summed E-state index contributed by atoms with van der Waals surface area (Å²) >= 11 is 0. The lowest BCUT2D eigenvalue weighted by atomic mass is 10.0. The molecule has 4 rings (SSSR count). The van der Waals surface area contributed by atoms with Gasteiger partial charge in [-0.05, 0) is 43.2 Å².